The smallest absolute Gasteiger partial charge is 0.162 e. The lowest BCUT2D eigenvalue weighted by Gasteiger charge is -2.25. The van der Waals surface area contributed by atoms with E-state index in [1.807, 2.05) is 4.68 Å². The fraction of sp³-hybridized carbons (Fsp3) is 0.600. The Hall–Kier alpha value is 0.0600. The van der Waals surface area contributed by atoms with Crippen LogP contribution in [0, 0.1) is 0 Å². The molecule has 0 bridgehead atoms. The van der Waals surface area contributed by atoms with E-state index in [-0.39, 0.29) is 0 Å². The molecule has 0 aliphatic carbocycles. The fourth-order valence-corrected chi connectivity index (χ4v) is 1.55. The molecule has 1 aromatic heterocycles. The standard InChI is InChI=1S/C5H5Br2N3O/c6-4-5(7)10(9-8-4)3-1-11-2-3/h3H,1-2H2. The summed E-state index contributed by atoms with van der Waals surface area (Å²) in [6.45, 7) is 1.46. The number of hydrogen-bond acceptors (Lipinski definition) is 3. The van der Waals surface area contributed by atoms with Crippen LogP contribution in [0.2, 0.25) is 0 Å². The van der Waals surface area contributed by atoms with Crippen molar-refractivity contribution in [2.75, 3.05) is 13.2 Å². The van der Waals surface area contributed by atoms with Crippen LogP contribution in [0.5, 0.6) is 0 Å². The maximum absolute atomic E-state index is 5.03. The maximum atomic E-state index is 5.03. The Bertz CT molecular complexity index is 271. The molecule has 1 aliphatic heterocycles. The van der Waals surface area contributed by atoms with Crippen LogP contribution in [0.4, 0.5) is 0 Å². The van der Waals surface area contributed by atoms with Crippen molar-refractivity contribution >= 4 is 31.9 Å². The van der Waals surface area contributed by atoms with Gasteiger partial charge in [0, 0.05) is 0 Å². The van der Waals surface area contributed by atoms with Crippen LogP contribution >= 0.6 is 31.9 Å². The molecule has 0 unspecified atom stereocenters. The summed E-state index contributed by atoms with van der Waals surface area (Å²) < 4.78 is 8.46. The van der Waals surface area contributed by atoms with Gasteiger partial charge >= 0.3 is 0 Å². The highest BCUT2D eigenvalue weighted by Crippen LogP contribution is 2.25. The van der Waals surface area contributed by atoms with Crippen LogP contribution in [0.1, 0.15) is 6.04 Å². The third-order valence-electron chi connectivity index (χ3n) is 1.57. The van der Waals surface area contributed by atoms with Crippen molar-refractivity contribution in [1.82, 2.24) is 15.0 Å². The van der Waals surface area contributed by atoms with Crippen molar-refractivity contribution < 1.29 is 4.74 Å². The molecule has 4 nitrogen and oxygen atoms in total. The Morgan fingerprint density at radius 3 is 2.55 bits per heavy atom. The first-order valence-electron chi connectivity index (χ1n) is 3.13. The third-order valence-corrected chi connectivity index (χ3v) is 3.37. The van der Waals surface area contributed by atoms with E-state index in [2.05, 4.69) is 42.2 Å². The Labute approximate surface area is 80.2 Å². The number of rotatable bonds is 1. The van der Waals surface area contributed by atoms with E-state index in [4.69, 9.17) is 4.74 Å². The molecule has 0 atom stereocenters. The molecular formula is C5H5Br2N3O. The van der Waals surface area contributed by atoms with Gasteiger partial charge in [-0.1, -0.05) is 5.21 Å². The Morgan fingerprint density at radius 1 is 1.45 bits per heavy atom. The second-order valence-corrected chi connectivity index (χ2v) is 3.81. The predicted molar refractivity (Wildman–Crippen MR) is 45.3 cm³/mol. The van der Waals surface area contributed by atoms with Crippen LogP contribution in [-0.4, -0.2) is 28.2 Å². The van der Waals surface area contributed by atoms with Gasteiger partial charge < -0.3 is 4.74 Å². The molecule has 60 valence electrons. The van der Waals surface area contributed by atoms with Gasteiger partial charge in [0.2, 0.25) is 0 Å². The summed E-state index contributed by atoms with van der Waals surface area (Å²) in [5.74, 6) is 0. The van der Waals surface area contributed by atoms with Gasteiger partial charge in [-0.3, -0.25) is 0 Å². The van der Waals surface area contributed by atoms with Gasteiger partial charge in [0.05, 0.1) is 13.2 Å². The Morgan fingerprint density at radius 2 is 2.18 bits per heavy atom. The molecule has 0 radical (unpaired) electrons. The van der Waals surface area contributed by atoms with Crippen molar-refractivity contribution in [1.29, 1.82) is 0 Å². The number of aromatic nitrogens is 3. The number of ether oxygens (including phenoxy) is 1. The normalized spacial score (nSPS) is 18.4. The summed E-state index contributed by atoms with van der Waals surface area (Å²) in [5, 5.41) is 7.78. The van der Waals surface area contributed by atoms with E-state index in [0.29, 0.717) is 6.04 Å². The highest BCUT2D eigenvalue weighted by Gasteiger charge is 2.24. The summed E-state index contributed by atoms with van der Waals surface area (Å²) in [4.78, 5) is 0. The zero-order valence-corrected chi connectivity index (χ0v) is 8.67. The van der Waals surface area contributed by atoms with Gasteiger partial charge in [-0.2, -0.15) is 0 Å². The van der Waals surface area contributed by atoms with Gasteiger partial charge in [0.1, 0.15) is 10.6 Å². The summed E-state index contributed by atoms with van der Waals surface area (Å²) in [5.41, 5.74) is 0. The molecular weight excluding hydrogens is 278 g/mol. The van der Waals surface area contributed by atoms with Crippen LogP contribution in [0.15, 0.2) is 9.21 Å². The topological polar surface area (TPSA) is 39.9 Å². The summed E-state index contributed by atoms with van der Waals surface area (Å²) in [6.07, 6.45) is 0. The van der Waals surface area contributed by atoms with Crippen molar-refractivity contribution in [3.8, 4) is 0 Å². The SMILES string of the molecule is Brc1nnn(C2COC2)c1Br. The zero-order valence-electron chi connectivity index (χ0n) is 5.50. The third kappa shape index (κ3) is 1.23. The van der Waals surface area contributed by atoms with E-state index in [0.717, 1.165) is 22.4 Å². The average molecular weight is 283 g/mol. The van der Waals surface area contributed by atoms with E-state index in [1.165, 1.54) is 0 Å². The number of nitrogens with zero attached hydrogens (tertiary/aromatic N) is 3. The summed E-state index contributed by atoms with van der Waals surface area (Å²) >= 11 is 6.62. The zero-order chi connectivity index (χ0) is 7.84. The molecule has 1 aliphatic rings. The lowest BCUT2D eigenvalue weighted by atomic mass is 10.3. The molecule has 1 aromatic rings. The lowest BCUT2D eigenvalue weighted by Crippen LogP contribution is -2.31. The van der Waals surface area contributed by atoms with Gasteiger partial charge in [0.25, 0.3) is 0 Å². The van der Waals surface area contributed by atoms with Crippen molar-refractivity contribution in [2.45, 2.75) is 6.04 Å². The molecule has 2 heterocycles. The Kier molecular flexibility index (Phi) is 1.98. The average Bonchev–Trinajstić information content (AvgIpc) is 2.15. The van der Waals surface area contributed by atoms with E-state index in [9.17, 15) is 0 Å². The highest BCUT2D eigenvalue weighted by atomic mass is 79.9. The molecule has 0 aromatic carbocycles. The number of hydrogen-bond donors (Lipinski definition) is 0. The first-order valence-corrected chi connectivity index (χ1v) is 4.71. The van der Waals surface area contributed by atoms with Crippen molar-refractivity contribution in [3.63, 3.8) is 0 Å². The molecule has 1 fully saturated rings. The molecule has 0 N–H and O–H groups in total. The largest absolute Gasteiger partial charge is 0.377 e. The fourth-order valence-electron chi connectivity index (χ4n) is 0.860. The molecule has 0 amide bonds. The van der Waals surface area contributed by atoms with Gasteiger partial charge in [-0.25, -0.2) is 4.68 Å². The van der Waals surface area contributed by atoms with Crippen LogP contribution < -0.4 is 0 Å². The van der Waals surface area contributed by atoms with Crippen molar-refractivity contribution in [3.05, 3.63) is 9.21 Å². The van der Waals surface area contributed by atoms with E-state index in [1.54, 1.807) is 0 Å². The summed E-state index contributed by atoms with van der Waals surface area (Å²) in [7, 11) is 0. The molecule has 1 saturated heterocycles. The second kappa shape index (κ2) is 2.84. The maximum Gasteiger partial charge on any atom is 0.162 e. The molecule has 0 spiro atoms. The van der Waals surface area contributed by atoms with Crippen molar-refractivity contribution in [2.24, 2.45) is 0 Å². The van der Waals surface area contributed by atoms with Gasteiger partial charge in [0.15, 0.2) is 4.60 Å². The molecule has 6 heteroatoms. The molecule has 11 heavy (non-hydrogen) atoms. The predicted octanol–water partition coefficient (Wildman–Crippen LogP) is 1.37. The minimum Gasteiger partial charge on any atom is -0.377 e. The van der Waals surface area contributed by atoms with E-state index < -0.39 is 0 Å². The highest BCUT2D eigenvalue weighted by molar-refractivity contribution is 9.13. The molecule has 0 saturated carbocycles. The lowest BCUT2D eigenvalue weighted by molar-refractivity contribution is -0.0303. The van der Waals surface area contributed by atoms with Crippen LogP contribution in [0.25, 0.3) is 0 Å². The Balaban J connectivity index is 2.29. The van der Waals surface area contributed by atoms with Gasteiger partial charge in [-0.05, 0) is 31.9 Å². The van der Waals surface area contributed by atoms with Crippen LogP contribution in [0.3, 0.4) is 0 Å². The second-order valence-electron chi connectivity index (χ2n) is 2.31. The molecule has 2 rings (SSSR count). The quantitative estimate of drug-likeness (QED) is 0.781. The first kappa shape index (κ1) is 7.70. The summed E-state index contributed by atoms with van der Waals surface area (Å²) in [6, 6.07) is 0.350. The minimum atomic E-state index is 0.350. The van der Waals surface area contributed by atoms with Crippen LogP contribution in [-0.2, 0) is 4.74 Å². The minimum absolute atomic E-state index is 0.350. The first-order chi connectivity index (χ1) is 5.29. The number of halogens is 2. The van der Waals surface area contributed by atoms with E-state index >= 15 is 0 Å². The monoisotopic (exact) mass is 281 g/mol. The van der Waals surface area contributed by atoms with Gasteiger partial charge in [-0.15, -0.1) is 5.10 Å².